The highest BCUT2D eigenvalue weighted by atomic mass is 16.6. The predicted octanol–water partition coefficient (Wildman–Crippen LogP) is 7.35. The average molecular weight is 1180 g/mol. The Bertz CT molecular complexity index is 2440. The van der Waals surface area contributed by atoms with Crippen molar-refractivity contribution < 1.29 is 77.2 Å². The summed E-state index contributed by atoms with van der Waals surface area (Å²) in [5, 5.41) is 37.9. The van der Waals surface area contributed by atoms with E-state index in [4.69, 9.17) is 33.2 Å². The fourth-order valence-electron chi connectivity index (χ4n) is 12.5. The highest BCUT2D eigenvalue weighted by Crippen LogP contribution is 2.38. The van der Waals surface area contributed by atoms with Crippen molar-refractivity contribution in [1.82, 2.24) is 15.1 Å². The molecule has 1 aromatic carbocycles. The molecule has 4 N–H and O–H groups in total. The maximum absolute atomic E-state index is 14.7. The first-order chi connectivity index (χ1) is 40.1. The van der Waals surface area contributed by atoms with Crippen LogP contribution >= 0.6 is 0 Å². The molecule has 468 valence electrons. The highest BCUT2D eigenvalue weighted by Gasteiger charge is 2.53. The molecule has 2 bridgehead atoms. The molecular weight excluding hydrogens is 1080 g/mol. The lowest BCUT2D eigenvalue weighted by Crippen LogP contribution is -2.61. The van der Waals surface area contributed by atoms with Crippen molar-refractivity contribution >= 4 is 35.3 Å². The summed E-state index contributed by atoms with van der Waals surface area (Å²) in [5.74, 6) is -8.73. The second-order valence-electron chi connectivity index (χ2n) is 24.4. The van der Waals surface area contributed by atoms with Gasteiger partial charge in [-0.15, -0.1) is 0 Å². The molecule has 0 aromatic heterocycles. The van der Waals surface area contributed by atoms with E-state index in [9.17, 15) is 44.1 Å². The van der Waals surface area contributed by atoms with E-state index < -0.39 is 108 Å². The number of piperidine rings is 1. The molecule has 1 aromatic rings. The number of fused-ring (bicyclic) bond motifs is 3. The van der Waals surface area contributed by atoms with Crippen LogP contribution in [-0.2, 0) is 57.1 Å². The van der Waals surface area contributed by atoms with Crippen LogP contribution in [0.3, 0.4) is 0 Å². The Morgan fingerprint density at radius 1 is 0.857 bits per heavy atom. The number of morpholine rings is 1. The maximum Gasteiger partial charge on any atom is 0.407 e. The Labute approximate surface area is 497 Å². The molecule has 6 rings (SSSR count). The molecule has 3 saturated heterocycles. The van der Waals surface area contributed by atoms with Crippen LogP contribution < -0.4 is 5.32 Å². The third-order valence-electron chi connectivity index (χ3n) is 17.9. The normalized spacial score (nSPS) is 35.5. The third kappa shape index (κ3) is 19.3. The zero-order valence-corrected chi connectivity index (χ0v) is 51.2. The zero-order valence-electron chi connectivity index (χ0n) is 51.2. The van der Waals surface area contributed by atoms with Gasteiger partial charge in [0.25, 0.3) is 11.7 Å². The van der Waals surface area contributed by atoms with Crippen molar-refractivity contribution in [2.45, 2.75) is 186 Å². The van der Waals surface area contributed by atoms with Crippen molar-refractivity contribution in [3.8, 4) is 0 Å². The number of carbonyl (C=O) groups is 6. The molecule has 84 heavy (non-hydrogen) atoms. The van der Waals surface area contributed by atoms with E-state index in [0.717, 1.165) is 18.7 Å². The van der Waals surface area contributed by atoms with Crippen LogP contribution in [0.4, 0.5) is 4.79 Å². The Morgan fingerprint density at radius 3 is 2.31 bits per heavy atom. The molecule has 2 amide bonds. The van der Waals surface area contributed by atoms with Gasteiger partial charge in [0.2, 0.25) is 5.79 Å². The number of amides is 2. The number of cyclic esters (lactones) is 1. The standard InChI is InChI=1S/C65H97N3O16/c1-41-18-12-10-13-19-42(2)55(81-40-53(70)49-20-14-11-15-21-49)38-50-25-23-47(7)65(77,84-50)61(73)62(74)68-28-17-16-22-51(68)63(75)82-56(39-52(69)43(3)35-46(6)59(72)60(79-9)58(71)45(5)34-41)44(4)36-48-24-26-54(57(37-48)78-8)83-64(76)66-27-29-67-30-32-80-33-31-67/h10-15,18-21,35,41,43-45,47-48,50-51,53-57,59-60,70,72,77H,16-17,22-34,36-40H2,1-9H3,(H,66,76)/b13-10+,18-12+,42-19+,46-35+/t41-,43-,44?,45-,47-,48+,50+,51+,53?,54-,55?,56+,57-,59-,60+,65-/m1/s1. The molecule has 5 aliphatic rings. The molecule has 0 radical (unpaired) electrons. The van der Waals surface area contributed by atoms with Crippen molar-refractivity contribution in [3.05, 3.63) is 83.5 Å². The maximum atomic E-state index is 14.7. The number of aliphatic hydroxyl groups excluding tert-OH is 2. The van der Waals surface area contributed by atoms with E-state index in [2.05, 4.69) is 10.2 Å². The quantitative estimate of drug-likeness (QED) is 0.0856. The molecule has 4 aliphatic heterocycles. The van der Waals surface area contributed by atoms with Crippen LogP contribution in [0, 0.1) is 35.5 Å². The molecule has 1 saturated carbocycles. The molecule has 4 fully saturated rings. The van der Waals surface area contributed by atoms with Gasteiger partial charge in [0, 0.05) is 77.5 Å². The molecule has 4 heterocycles. The predicted molar refractivity (Wildman–Crippen MR) is 315 cm³/mol. The van der Waals surface area contributed by atoms with Gasteiger partial charge < -0.3 is 58.7 Å². The Morgan fingerprint density at radius 2 is 1.60 bits per heavy atom. The second kappa shape index (κ2) is 33.2. The van der Waals surface area contributed by atoms with Crippen molar-refractivity contribution in [2.24, 2.45) is 35.5 Å². The summed E-state index contributed by atoms with van der Waals surface area (Å²) in [7, 11) is 2.95. The van der Waals surface area contributed by atoms with Gasteiger partial charge in [0.05, 0.1) is 38.1 Å². The fourth-order valence-corrected chi connectivity index (χ4v) is 12.5. The molecule has 1 aliphatic carbocycles. The van der Waals surface area contributed by atoms with Gasteiger partial charge in [-0.25, -0.2) is 9.59 Å². The van der Waals surface area contributed by atoms with Crippen LogP contribution in [0.25, 0.3) is 0 Å². The number of rotatable bonds is 13. The number of esters is 1. The monoisotopic (exact) mass is 1180 g/mol. The van der Waals surface area contributed by atoms with Crippen molar-refractivity contribution in [2.75, 3.05) is 66.8 Å². The number of nitrogens with one attached hydrogen (secondary N) is 1. The van der Waals surface area contributed by atoms with Gasteiger partial charge in [0.15, 0.2) is 5.78 Å². The van der Waals surface area contributed by atoms with Gasteiger partial charge in [-0.3, -0.25) is 24.1 Å². The van der Waals surface area contributed by atoms with Gasteiger partial charge in [-0.05, 0) is 113 Å². The minimum absolute atomic E-state index is 0.0177. The summed E-state index contributed by atoms with van der Waals surface area (Å²) in [4.78, 5) is 88.7. The minimum atomic E-state index is -2.54. The molecule has 16 atom stereocenters. The van der Waals surface area contributed by atoms with Crippen molar-refractivity contribution in [3.63, 3.8) is 0 Å². The summed E-state index contributed by atoms with van der Waals surface area (Å²) in [6.45, 7) is 16.5. The fraction of sp³-hybridized carbons (Fsp3) is 0.692. The number of hydrogen-bond donors (Lipinski definition) is 4. The molecular formula is C65H97N3O16. The summed E-state index contributed by atoms with van der Waals surface area (Å²) in [6, 6.07) is 7.90. The minimum Gasteiger partial charge on any atom is -0.460 e. The molecule has 19 nitrogen and oxygen atoms in total. The van der Waals surface area contributed by atoms with E-state index in [1.807, 2.05) is 69.4 Å². The molecule has 0 spiro atoms. The van der Waals surface area contributed by atoms with E-state index in [1.54, 1.807) is 53.0 Å². The molecule has 3 unspecified atom stereocenters. The van der Waals surface area contributed by atoms with Crippen LogP contribution in [0.5, 0.6) is 0 Å². The van der Waals surface area contributed by atoms with E-state index in [-0.39, 0.29) is 55.8 Å². The van der Waals surface area contributed by atoms with Crippen molar-refractivity contribution in [1.29, 1.82) is 0 Å². The van der Waals surface area contributed by atoms with E-state index in [0.29, 0.717) is 95.2 Å². The summed E-state index contributed by atoms with van der Waals surface area (Å²) >= 11 is 0. The summed E-state index contributed by atoms with van der Waals surface area (Å²) < 4.78 is 42.0. The topological polar surface area (TPSA) is 246 Å². The number of Topliss-reactive ketones (excluding diaryl/α,β-unsaturated/α-hetero) is 3. The Hall–Kier alpha value is -4.96. The number of allylic oxidation sites excluding steroid dienone is 6. The third-order valence-corrected chi connectivity index (χ3v) is 17.9. The Kier molecular flexibility index (Phi) is 27.0. The number of ether oxygens (including phenoxy) is 7. The van der Waals surface area contributed by atoms with Crippen LogP contribution in [-0.4, -0.2) is 182 Å². The second-order valence-corrected chi connectivity index (χ2v) is 24.4. The lowest BCUT2D eigenvalue weighted by Gasteiger charge is -2.43. The summed E-state index contributed by atoms with van der Waals surface area (Å²) in [5.41, 5.74) is 1.79. The first-order valence-electron chi connectivity index (χ1n) is 30.7. The number of methoxy groups -OCH3 is 2. The number of benzene rings is 1. The van der Waals surface area contributed by atoms with Gasteiger partial charge >= 0.3 is 12.1 Å². The zero-order chi connectivity index (χ0) is 61.1. The van der Waals surface area contributed by atoms with E-state index in [1.165, 1.54) is 12.0 Å². The lowest BCUT2D eigenvalue weighted by atomic mass is 9.78. The van der Waals surface area contributed by atoms with Crippen LogP contribution in [0.2, 0.25) is 0 Å². The lowest BCUT2D eigenvalue weighted by molar-refractivity contribution is -0.266. The number of carbonyl (C=O) groups excluding carboxylic acids is 6. The highest BCUT2D eigenvalue weighted by molar-refractivity contribution is 6.39. The average Bonchev–Trinajstić information content (AvgIpc) is 2.12. The molecule has 19 heteroatoms. The largest absolute Gasteiger partial charge is 0.460 e. The smallest absolute Gasteiger partial charge is 0.407 e. The first-order valence-corrected chi connectivity index (χ1v) is 30.7. The number of nitrogens with zero attached hydrogens (tertiary/aromatic N) is 2. The van der Waals surface area contributed by atoms with Crippen LogP contribution in [0.15, 0.2) is 77.9 Å². The Balaban J connectivity index is 1.26. The summed E-state index contributed by atoms with van der Waals surface area (Å²) in [6.07, 6.45) is 8.22. The van der Waals surface area contributed by atoms with Crippen LogP contribution in [0.1, 0.15) is 137 Å². The van der Waals surface area contributed by atoms with Gasteiger partial charge in [-0.2, -0.15) is 0 Å². The first kappa shape index (κ1) is 68.2. The number of ketones is 3. The number of alkyl carbamates (subject to hydrolysis) is 1. The van der Waals surface area contributed by atoms with E-state index >= 15 is 0 Å². The number of aliphatic hydroxyl groups is 3. The SMILES string of the molecule is CO[C@@H]1C[C@H](CC(C)[C@@H]2CC(=O)[C@H](C)/C=C(\C)[C@@H](O)[C@@H](OC)C(=O)[C@H](C)C[C@H](C)/C=C/C=C/C=C(\C)C(OCC(O)c3ccccc3)C[C@@H]3CC[C@@H](C)[C@@](O)(O3)C(=O)C(=O)N3CCCC[C@H]3C(=O)O2)CC[C@H]1OC(=O)NCCN1CCOCC1. The van der Waals surface area contributed by atoms with Gasteiger partial charge in [0.1, 0.15) is 42.3 Å². The van der Waals surface area contributed by atoms with Gasteiger partial charge in [-0.1, -0.05) is 101 Å². The number of hydrogen-bond acceptors (Lipinski definition) is 17.